The van der Waals surface area contributed by atoms with Crippen LogP contribution < -0.4 is 10.1 Å². The van der Waals surface area contributed by atoms with E-state index in [2.05, 4.69) is 31.2 Å². The minimum atomic E-state index is 0.0252. The van der Waals surface area contributed by atoms with Gasteiger partial charge in [-0.15, -0.1) is 0 Å². The zero-order valence-electron chi connectivity index (χ0n) is 14.5. The molecule has 6 heteroatoms. The highest BCUT2D eigenvalue weighted by Gasteiger charge is 2.33. The van der Waals surface area contributed by atoms with Crippen LogP contribution in [0.3, 0.4) is 0 Å². The van der Waals surface area contributed by atoms with Gasteiger partial charge in [0.15, 0.2) is 6.61 Å². The predicted molar refractivity (Wildman–Crippen MR) is 92.1 cm³/mol. The standard InChI is InChI=1S/C18H25N3O3/c1-12-9-21(10-16(12)20(2)3)18(23)11-24-14-5-6-15-13(8-14)4-7-17(22)19-15/h5-6,8,12,16H,4,7,9-11H2,1-3H3,(H,19,22)/t12-,16+/m1/s1. The van der Waals surface area contributed by atoms with Crippen molar-refractivity contribution in [2.45, 2.75) is 25.8 Å². The van der Waals surface area contributed by atoms with Crippen LogP contribution in [0.25, 0.3) is 0 Å². The molecule has 1 fully saturated rings. The van der Waals surface area contributed by atoms with E-state index < -0.39 is 0 Å². The summed E-state index contributed by atoms with van der Waals surface area (Å²) >= 11 is 0. The molecule has 24 heavy (non-hydrogen) atoms. The number of hydrogen-bond acceptors (Lipinski definition) is 4. The van der Waals surface area contributed by atoms with Crippen molar-refractivity contribution in [3.8, 4) is 5.75 Å². The summed E-state index contributed by atoms with van der Waals surface area (Å²) in [5.41, 5.74) is 1.90. The summed E-state index contributed by atoms with van der Waals surface area (Å²) in [4.78, 5) is 27.8. The highest BCUT2D eigenvalue weighted by Crippen LogP contribution is 2.27. The molecule has 0 aliphatic carbocycles. The third-order valence-electron chi connectivity index (χ3n) is 4.92. The summed E-state index contributed by atoms with van der Waals surface area (Å²) in [6.45, 7) is 3.77. The number of benzene rings is 1. The maximum atomic E-state index is 12.4. The lowest BCUT2D eigenvalue weighted by Gasteiger charge is -2.22. The Morgan fingerprint density at radius 2 is 2.12 bits per heavy atom. The van der Waals surface area contributed by atoms with E-state index in [1.165, 1.54) is 0 Å². The molecule has 0 bridgehead atoms. The second-order valence-electron chi connectivity index (χ2n) is 6.96. The van der Waals surface area contributed by atoms with Crippen LogP contribution in [0.15, 0.2) is 18.2 Å². The molecule has 0 spiro atoms. The number of likely N-dealkylation sites (N-methyl/N-ethyl adjacent to an activating group) is 1. The van der Waals surface area contributed by atoms with Gasteiger partial charge in [-0.05, 0) is 50.2 Å². The molecule has 2 aliphatic heterocycles. The molecular weight excluding hydrogens is 306 g/mol. The fraction of sp³-hybridized carbons (Fsp3) is 0.556. The molecule has 2 heterocycles. The predicted octanol–water partition coefficient (Wildman–Crippen LogP) is 1.36. The highest BCUT2D eigenvalue weighted by atomic mass is 16.5. The van der Waals surface area contributed by atoms with Gasteiger partial charge in [0, 0.05) is 31.2 Å². The molecule has 6 nitrogen and oxygen atoms in total. The minimum absolute atomic E-state index is 0.0252. The van der Waals surface area contributed by atoms with E-state index >= 15 is 0 Å². The van der Waals surface area contributed by atoms with Crippen LogP contribution in [-0.2, 0) is 16.0 Å². The number of nitrogens with zero attached hydrogens (tertiary/aromatic N) is 2. The van der Waals surface area contributed by atoms with Crippen molar-refractivity contribution in [3.63, 3.8) is 0 Å². The molecule has 0 radical (unpaired) electrons. The average Bonchev–Trinajstić information content (AvgIpc) is 2.94. The zero-order valence-corrected chi connectivity index (χ0v) is 14.5. The molecule has 1 aromatic carbocycles. The van der Waals surface area contributed by atoms with E-state index in [1.807, 2.05) is 17.0 Å². The molecule has 2 atom stereocenters. The maximum absolute atomic E-state index is 12.4. The molecule has 0 unspecified atom stereocenters. The van der Waals surface area contributed by atoms with Crippen molar-refractivity contribution in [1.29, 1.82) is 0 Å². The number of hydrogen-bond donors (Lipinski definition) is 1. The van der Waals surface area contributed by atoms with E-state index in [4.69, 9.17) is 4.74 Å². The third-order valence-corrected chi connectivity index (χ3v) is 4.92. The van der Waals surface area contributed by atoms with Crippen molar-refractivity contribution >= 4 is 17.5 Å². The lowest BCUT2D eigenvalue weighted by molar-refractivity contribution is -0.132. The Morgan fingerprint density at radius 1 is 1.33 bits per heavy atom. The quantitative estimate of drug-likeness (QED) is 0.905. The van der Waals surface area contributed by atoms with Gasteiger partial charge in [0.25, 0.3) is 5.91 Å². The summed E-state index contributed by atoms with van der Waals surface area (Å²) < 4.78 is 5.69. The van der Waals surface area contributed by atoms with E-state index in [0.29, 0.717) is 30.6 Å². The van der Waals surface area contributed by atoms with Gasteiger partial charge in [0.2, 0.25) is 5.91 Å². The first-order chi connectivity index (χ1) is 11.4. The second-order valence-corrected chi connectivity index (χ2v) is 6.96. The zero-order chi connectivity index (χ0) is 17.3. The van der Waals surface area contributed by atoms with Crippen LogP contribution in [0.5, 0.6) is 5.75 Å². The van der Waals surface area contributed by atoms with Gasteiger partial charge in [-0.1, -0.05) is 6.92 Å². The number of carbonyl (C=O) groups is 2. The summed E-state index contributed by atoms with van der Waals surface area (Å²) in [5.74, 6) is 1.22. The fourth-order valence-electron chi connectivity index (χ4n) is 3.51. The van der Waals surface area contributed by atoms with Gasteiger partial charge >= 0.3 is 0 Å². The first kappa shape index (κ1) is 16.8. The summed E-state index contributed by atoms with van der Waals surface area (Å²) in [5, 5.41) is 2.84. The minimum Gasteiger partial charge on any atom is -0.484 e. The molecule has 2 aliphatic rings. The monoisotopic (exact) mass is 331 g/mol. The van der Waals surface area contributed by atoms with Gasteiger partial charge < -0.3 is 19.9 Å². The molecule has 1 aromatic rings. The number of nitrogens with one attached hydrogen (secondary N) is 1. The Balaban J connectivity index is 1.56. The van der Waals surface area contributed by atoms with Crippen LogP contribution in [0.2, 0.25) is 0 Å². The van der Waals surface area contributed by atoms with Gasteiger partial charge in [0.05, 0.1) is 0 Å². The number of likely N-dealkylation sites (tertiary alicyclic amines) is 1. The van der Waals surface area contributed by atoms with Gasteiger partial charge in [0.1, 0.15) is 5.75 Å². The Hall–Kier alpha value is -2.08. The molecule has 3 rings (SSSR count). The largest absolute Gasteiger partial charge is 0.484 e. The number of aryl methyl sites for hydroxylation is 1. The summed E-state index contributed by atoms with van der Waals surface area (Å²) in [6.07, 6.45) is 1.20. The van der Waals surface area contributed by atoms with Crippen LogP contribution >= 0.6 is 0 Å². The SMILES string of the molecule is C[C@@H]1CN(C(=O)COc2ccc3c(c2)CCC(=O)N3)C[C@@H]1N(C)C. The second kappa shape index (κ2) is 6.81. The van der Waals surface area contributed by atoms with Crippen molar-refractivity contribution in [3.05, 3.63) is 23.8 Å². The van der Waals surface area contributed by atoms with E-state index in [-0.39, 0.29) is 18.4 Å². The Kier molecular flexibility index (Phi) is 4.76. The van der Waals surface area contributed by atoms with Crippen molar-refractivity contribution in [2.24, 2.45) is 5.92 Å². The molecule has 0 aromatic heterocycles. The normalized spacial score (nSPS) is 23.2. The van der Waals surface area contributed by atoms with Crippen molar-refractivity contribution in [2.75, 3.05) is 39.1 Å². The van der Waals surface area contributed by atoms with Crippen LogP contribution in [0.4, 0.5) is 5.69 Å². The number of carbonyl (C=O) groups excluding carboxylic acids is 2. The third kappa shape index (κ3) is 3.53. The molecule has 130 valence electrons. The van der Waals surface area contributed by atoms with Gasteiger partial charge in [-0.2, -0.15) is 0 Å². The first-order valence-corrected chi connectivity index (χ1v) is 8.44. The Bertz CT molecular complexity index is 644. The van der Waals surface area contributed by atoms with Gasteiger partial charge in [-0.25, -0.2) is 0 Å². The highest BCUT2D eigenvalue weighted by molar-refractivity contribution is 5.94. The number of ether oxygens (including phenoxy) is 1. The fourth-order valence-corrected chi connectivity index (χ4v) is 3.51. The van der Waals surface area contributed by atoms with Crippen LogP contribution in [-0.4, -0.2) is 61.4 Å². The molecule has 2 amide bonds. The maximum Gasteiger partial charge on any atom is 0.260 e. The summed E-state index contributed by atoms with van der Waals surface area (Å²) in [7, 11) is 4.11. The van der Waals surface area contributed by atoms with Crippen molar-refractivity contribution in [1.82, 2.24) is 9.80 Å². The topological polar surface area (TPSA) is 61.9 Å². The molecular formula is C18H25N3O3. The number of amides is 2. The lowest BCUT2D eigenvalue weighted by atomic mass is 10.0. The first-order valence-electron chi connectivity index (χ1n) is 8.44. The van der Waals surface area contributed by atoms with Crippen LogP contribution in [0.1, 0.15) is 18.9 Å². The van der Waals surface area contributed by atoms with Crippen molar-refractivity contribution < 1.29 is 14.3 Å². The van der Waals surface area contributed by atoms with E-state index in [9.17, 15) is 9.59 Å². The Morgan fingerprint density at radius 3 is 2.83 bits per heavy atom. The van der Waals surface area contributed by atoms with Gasteiger partial charge in [-0.3, -0.25) is 9.59 Å². The van der Waals surface area contributed by atoms with Crippen LogP contribution in [0, 0.1) is 5.92 Å². The smallest absolute Gasteiger partial charge is 0.260 e. The van der Waals surface area contributed by atoms with E-state index in [0.717, 1.165) is 24.3 Å². The lowest BCUT2D eigenvalue weighted by Crippen LogP contribution is -2.37. The molecule has 1 N–H and O–H groups in total. The summed E-state index contributed by atoms with van der Waals surface area (Å²) in [6, 6.07) is 5.96. The number of anilines is 1. The molecule has 0 saturated carbocycles. The van der Waals surface area contributed by atoms with E-state index in [1.54, 1.807) is 6.07 Å². The number of rotatable bonds is 4. The Labute approximate surface area is 142 Å². The molecule has 1 saturated heterocycles. The number of fused-ring (bicyclic) bond motifs is 1. The average molecular weight is 331 g/mol.